The number of piperidine rings is 1. The maximum absolute atomic E-state index is 12.9. The lowest BCUT2D eigenvalue weighted by Gasteiger charge is -2.34. The van der Waals surface area contributed by atoms with Gasteiger partial charge in [0.2, 0.25) is 10.0 Å². The molecule has 2 rings (SSSR count). The molecule has 1 N–H and O–H groups in total. The van der Waals surface area contributed by atoms with Crippen molar-refractivity contribution in [3.63, 3.8) is 0 Å². The molecule has 1 unspecified atom stereocenters. The van der Waals surface area contributed by atoms with Crippen molar-refractivity contribution in [1.82, 2.24) is 4.31 Å². The molecule has 20 heavy (non-hydrogen) atoms. The van der Waals surface area contributed by atoms with E-state index in [4.69, 9.17) is 0 Å². The third-order valence-corrected chi connectivity index (χ3v) is 6.29. The van der Waals surface area contributed by atoms with Crippen molar-refractivity contribution >= 4 is 10.0 Å². The summed E-state index contributed by atoms with van der Waals surface area (Å²) >= 11 is 0. The Morgan fingerprint density at radius 2 is 2.10 bits per heavy atom. The zero-order valence-corrected chi connectivity index (χ0v) is 13.0. The molecule has 4 nitrogen and oxygen atoms in total. The van der Waals surface area contributed by atoms with Crippen molar-refractivity contribution in [3.05, 3.63) is 29.3 Å². The van der Waals surface area contributed by atoms with Crippen molar-refractivity contribution in [2.45, 2.75) is 57.1 Å². The van der Waals surface area contributed by atoms with Crippen LogP contribution in [0.1, 0.15) is 43.7 Å². The summed E-state index contributed by atoms with van der Waals surface area (Å²) in [5.74, 6) is 0. The Balaban J connectivity index is 2.44. The molecule has 0 spiro atoms. The van der Waals surface area contributed by atoms with E-state index in [1.165, 1.54) is 0 Å². The fraction of sp³-hybridized carbons (Fsp3) is 0.600. The van der Waals surface area contributed by atoms with Gasteiger partial charge in [-0.2, -0.15) is 4.31 Å². The lowest BCUT2D eigenvalue weighted by Crippen LogP contribution is -2.43. The highest BCUT2D eigenvalue weighted by Gasteiger charge is 2.33. The van der Waals surface area contributed by atoms with Gasteiger partial charge in [0, 0.05) is 12.6 Å². The molecular weight excluding hydrogens is 274 g/mol. The van der Waals surface area contributed by atoms with E-state index in [2.05, 4.69) is 0 Å². The zero-order valence-electron chi connectivity index (χ0n) is 12.2. The van der Waals surface area contributed by atoms with Crippen molar-refractivity contribution in [2.75, 3.05) is 6.54 Å². The fourth-order valence-corrected chi connectivity index (χ4v) is 4.97. The number of benzene rings is 1. The predicted octanol–water partition coefficient (Wildman–Crippen LogP) is 2.44. The fourth-order valence-electron chi connectivity index (χ4n) is 2.94. The molecule has 1 aromatic rings. The van der Waals surface area contributed by atoms with Crippen LogP contribution < -0.4 is 0 Å². The molecule has 1 fully saturated rings. The maximum Gasteiger partial charge on any atom is 0.243 e. The Morgan fingerprint density at radius 3 is 2.75 bits per heavy atom. The Morgan fingerprint density at radius 1 is 1.35 bits per heavy atom. The molecule has 1 saturated heterocycles. The second-order valence-corrected chi connectivity index (χ2v) is 7.23. The average molecular weight is 297 g/mol. The van der Waals surface area contributed by atoms with Gasteiger partial charge in [-0.1, -0.05) is 25.5 Å². The molecule has 0 radical (unpaired) electrons. The molecule has 5 heteroatoms. The third-order valence-electron chi connectivity index (χ3n) is 4.20. The quantitative estimate of drug-likeness (QED) is 0.928. The van der Waals surface area contributed by atoms with Gasteiger partial charge in [-0.25, -0.2) is 8.42 Å². The number of rotatable bonds is 4. The van der Waals surface area contributed by atoms with Gasteiger partial charge in [-0.3, -0.25) is 0 Å². The summed E-state index contributed by atoms with van der Waals surface area (Å²) in [6.07, 6.45) is 3.81. The summed E-state index contributed by atoms with van der Waals surface area (Å²) in [7, 11) is -3.46. The molecule has 0 amide bonds. The maximum atomic E-state index is 12.9. The predicted molar refractivity (Wildman–Crippen MR) is 78.9 cm³/mol. The van der Waals surface area contributed by atoms with E-state index < -0.39 is 10.0 Å². The van der Waals surface area contributed by atoms with Gasteiger partial charge < -0.3 is 5.11 Å². The molecule has 1 aliphatic rings. The third kappa shape index (κ3) is 2.75. The van der Waals surface area contributed by atoms with E-state index in [0.29, 0.717) is 22.6 Å². The van der Waals surface area contributed by atoms with Crippen molar-refractivity contribution in [1.29, 1.82) is 0 Å². The lowest BCUT2D eigenvalue weighted by atomic mass is 10.0. The molecule has 0 saturated carbocycles. The largest absolute Gasteiger partial charge is 0.392 e. The highest BCUT2D eigenvalue weighted by molar-refractivity contribution is 7.89. The monoisotopic (exact) mass is 297 g/mol. The first-order valence-corrected chi connectivity index (χ1v) is 8.67. The van der Waals surface area contributed by atoms with E-state index in [1.54, 1.807) is 29.4 Å². The summed E-state index contributed by atoms with van der Waals surface area (Å²) in [4.78, 5) is 0.337. The van der Waals surface area contributed by atoms with Gasteiger partial charge in [0.15, 0.2) is 0 Å². The summed E-state index contributed by atoms with van der Waals surface area (Å²) in [6, 6.07) is 5.22. The topological polar surface area (TPSA) is 57.6 Å². The Kier molecular flexibility index (Phi) is 4.83. The van der Waals surface area contributed by atoms with E-state index in [1.807, 2.05) is 6.92 Å². The lowest BCUT2D eigenvalue weighted by molar-refractivity contribution is 0.246. The first-order chi connectivity index (χ1) is 9.52. The number of hydrogen-bond acceptors (Lipinski definition) is 3. The molecular formula is C15H23NO3S. The van der Waals surface area contributed by atoms with Crippen molar-refractivity contribution < 1.29 is 13.5 Å². The first kappa shape index (κ1) is 15.5. The number of aliphatic hydroxyl groups is 1. The van der Waals surface area contributed by atoms with Gasteiger partial charge in [-0.15, -0.1) is 0 Å². The van der Waals surface area contributed by atoms with Crippen molar-refractivity contribution in [2.24, 2.45) is 0 Å². The second kappa shape index (κ2) is 6.24. The minimum absolute atomic E-state index is 0.103. The van der Waals surface area contributed by atoms with Crippen LogP contribution in [0.25, 0.3) is 0 Å². The van der Waals surface area contributed by atoms with Gasteiger partial charge in [0.25, 0.3) is 0 Å². The van der Waals surface area contributed by atoms with E-state index in [-0.39, 0.29) is 12.6 Å². The average Bonchev–Trinajstić information content (AvgIpc) is 2.47. The molecule has 0 aliphatic carbocycles. The standard InChI is InChI=1S/C15H23NO3S/c1-3-14-8-4-5-10-16(14)20(18,19)15-9-6-7-13(11-17)12(15)2/h6-7,9,14,17H,3-5,8,10-11H2,1-2H3. The smallest absolute Gasteiger partial charge is 0.243 e. The second-order valence-electron chi connectivity index (χ2n) is 5.37. The minimum atomic E-state index is -3.46. The van der Waals surface area contributed by atoms with Crippen LogP contribution in [0.3, 0.4) is 0 Å². The van der Waals surface area contributed by atoms with E-state index >= 15 is 0 Å². The van der Waals surface area contributed by atoms with Crippen molar-refractivity contribution in [3.8, 4) is 0 Å². The normalized spacial score (nSPS) is 21.1. The molecule has 0 aromatic heterocycles. The summed E-state index contributed by atoms with van der Waals surface area (Å²) in [5.41, 5.74) is 1.34. The van der Waals surface area contributed by atoms with Crippen LogP contribution in [0.2, 0.25) is 0 Å². The first-order valence-electron chi connectivity index (χ1n) is 7.23. The number of nitrogens with zero attached hydrogens (tertiary/aromatic N) is 1. The summed E-state index contributed by atoms with van der Waals surface area (Å²) in [5, 5.41) is 9.31. The zero-order chi connectivity index (χ0) is 14.8. The Hall–Kier alpha value is -0.910. The molecule has 0 bridgehead atoms. The van der Waals surface area contributed by atoms with Crippen LogP contribution in [-0.4, -0.2) is 30.4 Å². The summed E-state index contributed by atoms with van der Waals surface area (Å²) in [6.45, 7) is 4.27. The SMILES string of the molecule is CCC1CCCCN1S(=O)(=O)c1cccc(CO)c1C. The highest BCUT2D eigenvalue weighted by atomic mass is 32.2. The van der Waals surface area contributed by atoms with E-state index in [0.717, 1.165) is 25.7 Å². The minimum Gasteiger partial charge on any atom is -0.392 e. The van der Waals surface area contributed by atoms with Crippen LogP contribution in [0, 0.1) is 6.92 Å². The van der Waals surface area contributed by atoms with Crippen LogP contribution in [0.4, 0.5) is 0 Å². The van der Waals surface area contributed by atoms with Crippen LogP contribution >= 0.6 is 0 Å². The van der Waals surface area contributed by atoms with Crippen LogP contribution in [-0.2, 0) is 16.6 Å². The van der Waals surface area contributed by atoms with Crippen LogP contribution in [0.5, 0.6) is 0 Å². The molecule has 1 aliphatic heterocycles. The molecule has 1 atom stereocenters. The Labute approximate surface area is 121 Å². The van der Waals surface area contributed by atoms with Gasteiger partial charge in [-0.05, 0) is 43.4 Å². The molecule has 1 heterocycles. The van der Waals surface area contributed by atoms with E-state index in [9.17, 15) is 13.5 Å². The van der Waals surface area contributed by atoms with Gasteiger partial charge in [0.1, 0.15) is 0 Å². The molecule has 1 aromatic carbocycles. The number of sulfonamides is 1. The van der Waals surface area contributed by atoms with Gasteiger partial charge in [0.05, 0.1) is 11.5 Å². The van der Waals surface area contributed by atoms with Crippen LogP contribution in [0.15, 0.2) is 23.1 Å². The molecule has 112 valence electrons. The highest BCUT2D eigenvalue weighted by Crippen LogP contribution is 2.29. The number of aliphatic hydroxyl groups excluding tert-OH is 1. The Bertz CT molecular complexity index is 568. The summed E-state index contributed by atoms with van der Waals surface area (Å²) < 4.78 is 27.4. The number of hydrogen-bond donors (Lipinski definition) is 1. The van der Waals surface area contributed by atoms with Gasteiger partial charge >= 0.3 is 0 Å².